The van der Waals surface area contributed by atoms with E-state index in [1.54, 1.807) is 47.0 Å². The monoisotopic (exact) mass is 1410 g/mol. The van der Waals surface area contributed by atoms with E-state index in [1.165, 1.54) is 28.5 Å². The molecule has 10 aromatic rings. The average Bonchev–Trinajstić information content (AvgIpc) is 1.78. The van der Waals surface area contributed by atoms with Gasteiger partial charge in [-0.1, -0.05) is 175 Å². The fourth-order valence-corrected chi connectivity index (χ4v) is 17.7. The van der Waals surface area contributed by atoms with Gasteiger partial charge in [0.2, 0.25) is 0 Å². The number of esters is 1. The molecule has 0 saturated heterocycles. The van der Waals surface area contributed by atoms with Gasteiger partial charge in [0.05, 0.1) is 6.61 Å². The maximum absolute atomic E-state index is 12.7. The summed E-state index contributed by atoms with van der Waals surface area (Å²) in [4.78, 5) is 71.1. The lowest BCUT2D eigenvalue weighted by molar-refractivity contribution is -0.191. The van der Waals surface area contributed by atoms with Crippen LogP contribution in [0.1, 0.15) is 146 Å². The quantitative estimate of drug-likeness (QED) is 0.0864. The molecular formula is C79H64BrNO9S5. The molecular weight excluding hydrogens is 1350 g/mol. The maximum Gasteiger partial charge on any atom is 0.373 e. The topological polar surface area (TPSA) is 178 Å². The first-order chi connectivity index (χ1) is 46.3. The van der Waals surface area contributed by atoms with Gasteiger partial charge in [-0.15, -0.1) is 58.8 Å². The summed E-state index contributed by atoms with van der Waals surface area (Å²) >= 11 is 12.2. The van der Waals surface area contributed by atoms with Gasteiger partial charge in [-0.25, -0.2) is 0 Å². The second-order valence-corrected chi connectivity index (χ2v) is 27.9. The van der Waals surface area contributed by atoms with Crippen LogP contribution >= 0.6 is 74.7 Å². The van der Waals surface area contributed by atoms with Gasteiger partial charge in [0.25, 0.3) is 0 Å². The number of fused-ring (bicyclic) bond motifs is 10. The van der Waals surface area contributed by atoms with E-state index in [4.69, 9.17) is 20.1 Å². The number of aliphatic hydroxyl groups excluding tert-OH is 2. The molecule has 0 aromatic heterocycles. The number of aryl methyl sites for hydroxylation is 2. The molecule has 2 atom stereocenters. The van der Waals surface area contributed by atoms with Crippen LogP contribution in [0.15, 0.2) is 241 Å². The summed E-state index contributed by atoms with van der Waals surface area (Å²) in [7, 11) is 0. The van der Waals surface area contributed by atoms with E-state index in [-0.39, 0.29) is 42.2 Å². The molecule has 0 spiro atoms. The van der Waals surface area contributed by atoms with E-state index in [0.29, 0.717) is 11.1 Å². The highest BCUT2D eigenvalue weighted by Gasteiger charge is 2.30. The highest BCUT2D eigenvalue weighted by molar-refractivity contribution is 9.10. The van der Waals surface area contributed by atoms with Gasteiger partial charge in [-0.2, -0.15) is 9.59 Å². The summed E-state index contributed by atoms with van der Waals surface area (Å²) in [5.41, 5.74) is 23.7. The number of nitrogens with two attached hydrogens (primary N) is 1. The number of rotatable bonds is 3. The van der Waals surface area contributed by atoms with Crippen LogP contribution in [0, 0.1) is 18.9 Å². The van der Waals surface area contributed by atoms with Crippen molar-refractivity contribution < 1.29 is 43.7 Å². The Kier molecular flexibility index (Phi) is 24.3. The first kappa shape index (κ1) is 69.4. The summed E-state index contributed by atoms with van der Waals surface area (Å²) in [5.74, 6) is 7.15. The largest absolute Gasteiger partial charge is 0.453 e. The second-order valence-electron chi connectivity index (χ2n) is 22.0. The normalized spacial score (nSPS) is 14.6. The Bertz CT molecular complexity index is 4520. The molecule has 0 radical (unpaired) electrons. The van der Waals surface area contributed by atoms with E-state index in [9.17, 15) is 29.4 Å². The minimum absolute atomic E-state index is 0.0347. The maximum atomic E-state index is 12.7. The molecule has 2 unspecified atom stereocenters. The molecule has 10 aromatic carbocycles. The third kappa shape index (κ3) is 16.1. The molecule has 95 heavy (non-hydrogen) atoms. The van der Waals surface area contributed by atoms with E-state index in [0.717, 1.165) is 137 Å². The lowest BCUT2D eigenvalue weighted by Crippen LogP contribution is -2.13. The fourth-order valence-electron chi connectivity index (χ4n) is 11.8. The van der Waals surface area contributed by atoms with Crippen molar-refractivity contribution in [2.45, 2.75) is 99.2 Å². The molecule has 0 bridgehead atoms. The molecule has 0 saturated carbocycles. The molecule has 0 amide bonds. The summed E-state index contributed by atoms with van der Waals surface area (Å²) in [6.07, 6.45) is 0.253. The molecule has 5 aliphatic rings. The van der Waals surface area contributed by atoms with Gasteiger partial charge in [0.1, 0.15) is 6.10 Å². The Labute approximate surface area is 582 Å². The van der Waals surface area contributed by atoms with Crippen LogP contribution in [0.4, 0.5) is 0 Å². The molecule has 5 aliphatic heterocycles. The number of thioether (sulfide) groups is 5. The number of aliphatic hydroxyl groups is 2. The Balaban J connectivity index is 0.000000128. The number of benzene rings is 10. The number of hydrogen-bond donors (Lipinski definition) is 3. The summed E-state index contributed by atoms with van der Waals surface area (Å²) in [6, 6.07) is 71.9. The zero-order valence-electron chi connectivity index (χ0n) is 52.1. The van der Waals surface area contributed by atoms with Crippen molar-refractivity contribution in [3.8, 4) is 12.0 Å². The van der Waals surface area contributed by atoms with E-state index in [1.807, 2.05) is 195 Å². The minimum atomic E-state index is -0.644. The number of halogens is 1. The van der Waals surface area contributed by atoms with Gasteiger partial charge >= 0.3 is 12.1 Å². The van der Waals surface area contributed by atoms with Crippen molar-refractivity contribution in [3.05, 3.63) is 323 Å². The van der Waals surface area contributed by atoms with Crippen molar-refractivity contribution >= 4 is 104 Å². The number of ketones is 3. The van der Waals surface area contributed by atoms with Gasteiger partial charge in [-0.3, -0.25) is 19.2 Å². The Morgan fingerprint density at radius 2 is 0.905 bits per heavy atom. The summed E-state index contributed by atoms with van der Waals surface area (Å²) < 4.78 is 6.60. The van der Waals surface area contributed by atoms with Crippen LogP contribution in [0.25, 0.3) is 0 Å². The zero-order valence-corrected chi connectivity index (χ0v) is 57.7. The first-order valence-corrected chi connectivity index (χ1v) is 36.1. The molecule has 5 heterocycles. The highest BCUT2D eigenvalue weighted by atomic mass is 79.9. The molecule has 4 N–H and O–H groups in total. The lowest BCUT2D eigenvalue weighted by Gasteiger charge is -2.22. The van der Waals surface area contributed by atoms with Crippen molar-refractivity contribution in [2.24, 2.45) is 5.73 Å². The number of ether oxygens (including phenoxy) is 1. The van der Waals surface area contributed by atoms with Gasteiger partial charge in [0.15, 0.2) is 23.5 Å². The molecule has 476 valence electrons. The standard InChI is InChI=1S/C18H18O2S.C16H11NOS.C15H14O2S.C15H12OS.C14H9BrOS.CO2/c1-3-13-7-6-8-14-11-21-16-10-5-4-9-15(16)18(17(13)14)20-12(2)19;17-9-8-11-4-3-5-12-10-19-14-7-2-1-6-13(14)16(18)15(11)12;16-8-10-4-3-5-11-9-18-13-7-2-1-6-12(13)15(17)14(10)11;1-10-5-4-6-11-9-17-13-8-3-2-7-12(13)15(16)14(10)11;15-11-6-3-4-9-8-17-12-7-2-1-5-10(12)14(16)13(9)11;2-1-3/h4-10,18H,3,11H2,1-2H3;1-7H,10,17H2;1-7,15-17H,8-9H2;2-8H,9H2,1H3;1-7H,8H2;. The van der Waals surface area contributed by atoms with Crippen molar-refractivity contribution in [3.63, 3.8) is 0 Å². The third-order valence-corrected chi connectivity index (χ3v) is 22.5. The zero-order chi connectivity index (χ0) is 67.0. The highest BCUT2D eigenvalue weighted by Crippen LogP contribution is 2.45. The smallest absolute Gasteiger partial charge is 0.373 e. The summed E-state index contributed by atoms with van der Waals surface area (Å²) in [5, 5.41) is 20.0. The third-order valence-electron chi connectivity index (χ3n) is 16.2. The molecule has 15 rings (SSSR count). The number of hydrogen-bond acceptors (Lipinski definition) is 15. The molecule has 10 nitrogen and oxygen atoms in total. The van der Waals surface area contributed by atoms with Crippen LogP contribution in [0.3, 0.4) is 0 Å². The number of carbonyl (C=O) groups excluding carboxylic acids is 6. The Morgan fingerprint density at radius 1 is 0.505 bits per heavy atom. The van der Waals surface area contributed by atoms with Crippen molar-refractivity contribution in [1.29, 1.82) is 0 Å². The Hall–Kier alpha value is -8.43. The second kappa shape index (κ2) is 33.3. The molecule has 16 heteroatoms. The molecule has 0 fully saturated rings. The fraction of sp³-hybridized carbons (Fsp3) is 0.152. The van der Waals surface area contributed by atoms with Crippen molar-refractivity contribution in [1.82, 2.24) is 0 Å². The van der Waals surface area contributed by atoms with Crippen LogP contribution < -0.4 is 5.73 Å². The van der Waals surface area contributed by atoms with E-state index in [2.05, 4.69) is 71.2 Å². The van der Waals surface area contributed by atoms with Crippen LogP contribution in [0.5, 0.6) is 0 Å². The summed E-state index contributed by atoms with van der Waals surface area (Å²) in [6.45, 7) is 5.60. The van der Waals surface area contributed by atoms with Gasteiger partial charge < -0.3 is 20.7 Å². The predicted octanol–water partition coefficient (Wildman–Crippen LogP) is 17.7. The molecule has 0 aliphatic carbocycles. The van der Waals surface area contributed by atoms with Crippen molar-refractivity contribution in [2.75, 3.05) is 0 Å². The number of carbonyl (C=O) groups is 4. The van der Waals surface area contributed by atoms with Crippen LogP contribution in [-0.2, 0) is 60.9 Å². The SMILES string of the molecule is CCc1cccc2c1C(OC(C)=O)c1ccccc1SC2.Cc1cccc2c1C(=O)c1ccccc1SC2.NC#Cc1cccc2c1C(=O)c1ccccc1SC2.O=C1c2ccccc2SCc2cccc(Br)c21.O=C=O.OCc1cccc2c1C(O)c1ccccc1SC2. The van der Waals surface area contributed by atoms with Crippen LogP contribution in [-0.4, -0.2) is 39.7 Å². The average molecular weight is 1410 g/mol. The predicted molar refractivity (Wildman–Crippen MR) is 384 cm³/mol. The van der Waals surface area contributed by atoms with E-state index >= 15 is 0 Å². The lowest BCUT2D eigenvalue weighted by atomic mass is 9.91. The minimum Gasteiger partial charge on any atom is -0.453 e. The Morgan fingerprint density at radius 3 is 1.44 bits per heavy atom. The first-order valence-electron chi connectivity index (χ1n) is 30.4. The van der Waals surface area contributed by atoms with E-state index < -0.39 is 6.10 Å². The van der Waals surface area contributed by atoms with Gasteiger partial charge in [0, 0.05) is 121 Å². The van der Waals surface area contributed by atoms with Gasteiger partial charge in [-0.05, 0) is 136 Å². The van der Waals surface area contributed by atoms with Crippen LogP contribution in [0.2, 0.25) is 0 Å².